The minimum Gasteiger partial charge on any atom is -0.300 e. The smallest absolute Gasteiger partial charge is 0.300 e. The molecule has 3 nitrogen and oxygen atoms in total. The zero-order valence-corrected chi connectivity index (χ0v) is 12.1. The van der Waals surface area contributed by atoms with Gasteiger partial charge in [0.05, 0.1) is 12.6 Å². The molecule has 0 aromatic rings. The SMILES string of the molecule is CCCN(CC(F)(F)F)C(C)CC(C)(C#N)NCC. The van der Waals surface area contributed by atoms with E-state index in [4.69, 9.17) is 5.26 Å². The molecule has 0 saturated heterocycles. The van der Waals surface area contributed by atoms with Gasteiger partial charge >= 0.3 is 6.18 Å². The number of nitriles is 1. The highest BCUT2D eigenvalue weighted by molar-refractivity contribution is 5.05. The summed E-state index contributed by atoms with van der Waals surface area (Å²) in [5.74, 6) is 0. The highest BCUT2D eigenvalue weighted by Gasteiger charge is 2.35. The average Bonchev–Trinajstić information content (AvgIpc) is 2.27. The number of nitrogens with zero attached hydrogens (tertiary/aromatic N) is 2. The van der Waals surface area contributed by atoms with Crippen LogP contribution >= 0.6 is 0 Å². The maximum absolute atomic E-state index is 12.5. The topological polar surface area (TPSA) is 39.1 Å². The van der Waals surface area contributed by atoms with Crippen LogP contribution in [-0.4, -0.2) is 42.3 Å². The van der Waals surface area contributed by atoms with Crippen molar-refractivity contribution in [3.8, 4) is 6.07 Å². The molecular formula is C13H24F3N3. The molecule has 0 aliphatic heterocycles. The third-order valence-electron chi connectivity index (χ3n) is 3.03. The Balaban J connectivity index is 4.72. The van der Waals surface area contributed by atoms with E-state index >= 15 is 0 Å². The lowest BCUT2D eigenvalue weighted by atomic mass is 9.94. The van der Waals surface area contributed by atoms with Crippen LogP contribution in [0, 0.1) is 11.3 Å². The first-order valence-electron chi connectivity index (χ1n) is 6.64. The molecule has 0 bridgehead atoms. The molecule has 2 atom stereocenters. The summed E-state index contributed by atoms with van der Waals surface area (Å²) in [6.07, 6.45) is -3.18. The Morgan fingerprint density at radius 3 is 2.26 bits per heavy atom. The third kappa shape index (κ3) is 7.38. The van der Waals surface area contributed by atoms with Crippen LogP contribution in [0.15, 0.2) is 0 Å². The maximum atomic E-state index is 12.5. The fourth-order valence-corrected chi connectivity index (χ4v) is 2.24. The zero-order valence-electron chi connectivity index (χ0n) is 12.1. The van der Waals surface area contributed by atoms with Gasteiger partial charge in [0.2, 0.25) is 0 Å². The van der Waals surface area contributed by atoms with Crippen molar-refractivity contribution < 1.29 is 13.2 Å². The van der Waals surface area contributed by atoms with Crippen LogP contribution in [0.1, 0.15) is 40.5 Å². The summed E-state index contributed by atoms with van der Waals surface area (Å²) in [6.45, 7) is 7.27. The number of halogens is 3. The highest BCUT2D eigenvalue weighted by atomic mass is 19.4. The molecule has 0 spiro atoms. The first kappa shape index (κ1) is 18.2. The molecule has 2 unspecified atom stereocenters. The maximum Gasteiger partial charge on any atom is 0.401 e. The van der Waals surface area contributed by atoms with Gasteiger partial charge in [0.15, 0.2) is 0 Å². The zero-order chi connectivity index (χ0) is 15.1. The van der Waals surface area contributed by atoms with Crippen molar-refractivity contribution in [3.63, 3.8) is 0 Å². The van der Waals surface area contributed by atoms with E-state index in [-0.39, 0.29) is 6.04 Å². The van der Waals surface area contributed by atoms with Crippen molar-refractivity contribution >= 4 is 0 Å². The Kier molecular flexibility index (Phi) is 7.38. The van der Waals surface area contributed by atoms with Gasteiger partial charge in [0.1, 0.15) is 5.54 Å². The molecule has 0 aromatic heterocycles. The number of rotatable bonds is 8. The van der Waals surface area contributed by atoms with E-state index in [0.29, 0.717) is 25.9 Å². The largest absolute Gasteiger partial charge is 0.401 e. The van der Waals surface area contributed by atoms with Gasteiger partial charge in [-0.15, -0.1) is 0 Å². The van der Waals surface area contributed by atoms with Crippen molar-refractivity contribution in [2.45, 2.75) is 58.3 Å². The molecule has 112 valence electrons. The van der Waals surface area contributed by atoms with Gasteiger partial charge in [-0.1, -0.05) is 13.8 Å². The lowest BCUT2D eigenvalue weighted by molar-refractivity contribution is -0.151. The van der Waals surface area contributed by atoms with Gasteiger partial charge in [-0.25, -0.2) is 0 Å². The van der Waals surface area contributed by atoms with E-state index in [0.717, 1.165) is 0 Å². The van der Waals surface area contributed by atoms with Crippen molar-refractivity contribution in [2.75, 3.05) is 19.6 Å². The second-order valence-corrected chi connectivity index (χ2v) is 5.11. The Bertz CT molecular complexity index is 298. The first-order valence-corrected chi connectivity index (χ1v) is 6.64. The lowest BCUT2D eigenvalue weighted by Gasteiger charge is -2.34. The summed E-state index contributed by atoms with van der Waals surface area (Å²) in [5.41, 5.74) is -0.786. The van der Waals surface area contributed by atoms with Gasteiger partial charge in [-0.2, -0.15) is 18.4 Å². The third-order valence-corrected chi connectivity index (χ3v) is 3.03. The second kappa shape index (κ2) is 7.71. The predicted molar refractivity (Wildman–Crippen MR) is 69.7 cm³/mol. The molecule has 0 aliphatic rings. The summed E-state index contributed by atoms with van der Waals surface area (Å²) >= 11 is 0. The first-order chi connectivity index (χ1) is 8.67. The van der Waals surface area contributed by atoms with Crippen molar-refractivity contribution in [1.29, 1.82) is 5.26 Å². The van der Waals surface area contributed by atoms with Crippen LogP contribution in [0.25, 0.3) is 0 Å². The molecule has 0 aromatic carbocycles. The molecule has 0 radical (unpaired) electrons. The molecule has 0 fully saturated rings. The fraction of sp³-hybridized carbons (Fsp3) is 0.923. The quantitative estimate of drug-likeness (QED) is 0.742. The van der Waals surface area contributed by atoms with E-state index in [1.54, 1.807) is 13.8 Å². The number of hydrogen-bond donors (Lipinski definition) is 1. The Morgan fingerprint density at radius 2 is 1.89 bits per heavy atom. The summed E-state index contributed by atoms with van der Waals surface area (Å²) in [6, 6.07) is 1.85. The van der Waals surface area contributed by atoms with Crippen molar-refractivity contribution in [2.24, 2.45) is 0 Å². The Hall–Kier alpha value is -0.800. The van der Waals surface area contributed by atoms with Gasteiger partial charge < -0.3 is 0 Å². The standard InChI is InChI=1S/C13H24F3N3/c1-5-7-19(10-13(14,15)16)11(3)8-12(4,9-17)18-6-2/h11,18H,5-8,10H2,1-4H3. The van der Waals surface area contributed by atoms with Crippen LogP contribution in [-0.2, 0) is 0 Å². The van der Waals surface area contributed by atoms with E-state index in [9.17, 15) is 13.2 Å². The summed E-state index contributed by atoms with van der Waals surface area (Å²) in [5, 5.41) is 12.2. The molecule has 0 rings (SSSR count). The Labute approximate surface area is 113 Å². The molecule has 1 N–H and O–H groups in total. The second-order valence-electron chi connectivity index (χ2n) is 5.11. The van der Waals surface area contributed by atoms with Crippen molar-refractivity contribution in [1.82, 2.24) is 10.2 Å². The number of hydrogen-bond acceptors (Lipinski definition) is 3. The van der Waals surface area contributed by atoms with E-state index in [1.165, 1.54) is 4.90 Å². The van der Waals surface area contributed by atoms with Crippen LogP contribution in [0.2, 0.25) is 0 Å². The van der Waals surface area contributed by atoms with Gasteiger partial charge in [-0.3, -0.25) is 10.2 Å². The number of nitrogens with one attached hydrogen (secondary N) is 1. The van der Waals surface area contributed by atoms with Crippen LogP contribution in [0.3, 0.4) is 0 Å². The van der Waals surface area contributed by atoms with E-state index < -0.39 is 18.3 Å². The van der Waals surface area contributed by atoms with Gasteiger partial charge in [0.25, 0.3) is 0 Å². The minimum atomic E-state index is -4.20. The van der Waals surface area contributed by atoms with Crippen LogP contribution in [0.4, 0.5) is 13.2 Å². The van der Waals surface area contributed by atoms with Crippen molar-refractivity contribution in [3.05, 3.63) is 0 Å². The average molecular weight is 279 g/mol. The van der Waals surface area contributed by atoms with Gasteiger partial charge in [0, 0.05) is 6.04 Å². The molecule has 0 amide bonds. The van der Waals surface area contributed by atoms with Crippen LogP contribution in [0.5, 0.6) is 0 Å². The normalized spacial score (nSPS) is 17.0. The fourth-order valence-electron chi connectivity index (χ4n) is 2.24. The lowest BCUT2D eigenvalue weighted by Crippen LogP contribution is -2.49. The highest BCUT2D eigenvalue weighted by Crippen LogP contribution is 2.22. The van der Waals surface area contributed by atoms with Crippen LogP contribution < -0.4 is 5.32 Å². The molecule has 0 saturated carbocycles. The Morgan fingerprint density at radius 1 is 1.32 bits per heavy atom. The molecule has 0 aliphatic carbocycles. The molecular weight excluding hydrogens is 255 g/mol. The summed E-state index contributed by atoms with van der Waals surface area (Å²) in [4.78, 5) is 1.40. The van der Waals surface area contributed by atoms with Gasteiger partial charge in [-0.05, 0) is 39.8 Å². The van der Waals surface area contributed by atoms with E-state index in [1.807, 2.05) is 13.8 Å². The monoisotopic (exact) mass is 279 g/mol. The number of alkyl halides is 3. The minimum absolute atomic E-state index is 0.301. The molecule has 6 heteroatoms. The molecule has 19 heavy (non-hydrogen) atoms. The summed E-state index contributed by atoms with van der Waals surface area (Å²) < 4.78 is 37.6. The van der Waals surface area contributed by atoms with E-state index in [2.05, 4.69) is 11.4 Å². The summed E-state index contributed by atoms with van der Waals surface area (Å²) in [7, 11) is 0. The molecule has 0 heterocycles. The predicted octanol–water partition coefficient (Wildman–Crippen LogP) is 2.93.